The Morgan fingerprint density at radius 2 is 1.79 bits per heavy atom. The van der Waals surface area contributed by atoms with Gasteiger partial charge in [0.1, 0.15) is 12.6 Å². The first-order valence-electron chi connectivity index (χ1n) is 7.35. The van der Waals surface area contributed by atoms with Gasteiger partial charge in [0.25, 0.3) is 0 Å². The third-order valence-electron chi connectivity index (χ3n) is 3.18. The fourth-order valence-electron chi connectivity index (χ4n) is 1.73. The molecule has 0 bridgehead atoms. The zero-order chi connectivity index (χ0) is 18.0. The molecule has 0 aliphatic rings. The molecular weight excluding hydrogens is 335 g/mol. The van der Waals surface area contributed by atoms with Crippen LogP contribution in [-0.4, -0.2) is 45.0 Å². The van der Waals surface area contributed by atoms with Crippen LogP contribution in [0.5, 0.6) is 0 Å². The van der Waals surface area contributed by atoms with Crippen LogP contribution in [0.3, 0.4) is 0 Å². The van der Waals surface area contributed by atoms with E-state index >= 15 is 0 Å². The van der Waals surface area contributed by atoms with Gasteiger partial charge in [0.15, 0.2) is 0 Å². The summed E-state index contributed by atoms with van der Waals surface area (Å²) in [6.07, 6.45) is -0.655. The van der Waals surface area contributed by atoms with Crippen LogP contribution in [0.2, 0.25) is 0 Å². The molecule has 0 aliphatic carbocycles. The van der Waals surface area contributed by atoms with Crippen LogP contribution in [0, 0.1) is 0 Å². The minimum atomic E-state index is -3.17. The number of hydrogen-bond donors (Lipinski definition) is 2. The van der Waals surface area contributed by atoms with Crippen molar-refractivity contribution in [2.24, 2.45) is 0 Å². The third-order valence-corrected chi connectivity index (χ3v) is 5.07. The van der Waals surface area contributed by atoms with Gasteiger partial charge in [0.05, 0.1) is 6.16 Å². The molecule has 1 atom stereocenters. The number of carbonyl (C=O) groups excluding carboxylic acids is 2. The van der Waals surface area contributed by atoms with E-state index < -0.39 is 25.6 Å². The summed E-state index contributed by atoms with van der Waals surface area (Å²) in [5, 5.41) is 4.97. The van der Waals surface area contributed by atoms with Gasteiger partial charge < -0.3 is 24.4 Å². The Bertz CT molecular complexity index is 573. The highest BCUT2D eigenvalue weighted by Gasteiger charge is 2.22. The highest BCUT2D eigenvalue weighted by molar-refractivity contribution is 7.53. The summed E-state index contributed by atoms with van der Waals surface area (Å²) in [4.78, 5) is 23.5. The van der Waals surface area contributed by atoms with Crippen LogP contribution < -0.4 is 10.6 Å². The van der Waals surface area contributed by atoms with Crippen LogP contribution in [0.25, 0.3) is 0 Å². The lowest BCUT2D eigenvalue weighted by Gasteiger charge is -2.16. The van der Waals surface area contributed by atoms with Crippen molar-refractivity contribution in [3.63, 3.8) is 0 Å². The molecule has 0 unspecified atom stereocenters. The molecule has 0 spiro atoms. The van der Waals surface area contributed by atoms with Crippen LogP contribution in [0.1, 0.15) is 12.5 Å². The second-order valence-corrected chi connectivity index (χ2v) is 7.32. The fourth-order valence-corrected chi connectivity index (χ4v) is 2.63. The quantitative estimate of drug-likeness (QED) is 0.654. The summed E-state index contributed by atoms with van der Waals surface area (Å²) in [6, 6.07) is 8.40. The molecule has 1 aromatic carbocycles. The van der Waals surface area contributed by atoms with Crippen LogP contribution in [-0.2, 0) is 29.8 Å². The first-order valence-corrected chi connectivity index (χ1v) is 9.08. The average molecular weight is 358 g/mol. The third kappa shape index (κ3) is 7.12. The molecule has 24 heavy (non-hydrogen) atoms. The summed E-state index contributed by atoms with van der Waals surface area (Å²) < 4.78 is 26.4. The number of nitrogens with one attached hydrogen (secondary N) is 2. The summed E-state index contributed by atoms with van der Waals surface area (Å²) in [5.41, 5.74) is 0.847. The SMILES string of the molecule is COP(=O)(CCNC(=O)[C@H](C)NC(=O)OCc1ccccc1)OC. The molecule has 2 amide bonds. The van der Waals surface area contributed by atoms with E-state index in [1.807, 2.05) is 30.3 Å². The Balaban J connectivity index is 2.30. The molecule has 2 N–H and O–H groups in total. The van der Waals surface area contributed by atoms with Crippen molar-refractivity contribution in [3.8, 4) is 0 Å². The van der Waals surface area contributed by atoms with Gasteiger partial charge in [-0.25, -0.2) is 4.79 Å². The second kappa shape index (κ2) is 10.1. The van der Waals surface area contributed by atoms with Gasteiger partial charge in [-0.05, 0) is 12.5 Å². The van der Waals surface area contributed by atoms with E-state index in [-0.39, 0.29) is 19.3 Å². The number of amides is 2. The number of benzene rings is 1. The molecule has 0 heterocycles. The van der Waals surface area contributed by atoms with Crippen molar-refractivity contribution >= 4 is 19.6 Å². The van der Waals surface area contributed by atoms with Gasteiger partial charge in [-0.3, -0.25) is 9.36 Å². The van der Waals surface area contributed by atoms with Crippen molar-refractivity contribution in [1.82, 2.24) is 10.6 Å². The van der Waals surface area contributed by atoms with Gasteiger partial charge in [0, 0.05) is 20.8 Å². The highest BCUT2D eigenvalue weighted by atomic mass is 31.2. The van der Waals surface area contributed by atoms with E-state index in [0.717, 1.165) is 5.56 Å². The predicted octanol–water partition coefficient (Wildman–Crippen LogP) is 1.90. The zero-order valence-corrected chi connectivity index (χ0v) is 14.9. The molecule has 1 rings (SSSR count). The first-order chi connectivity index (χ1) is 11.4. The smallest absolute Gasteiger partial charge is 0.408 e. The molecule has 0 fully saturated rings. The fraction of sp³-hybridized carbons (Fsp3) is 0.467. The predicted molar refractivity (Wildman–Crippen MR) is 88.7 cm³/mol. The maximum atomic E-state index is 11.9. The van der Waals surface area contributed by atoms with Crippen molar-refractivity contribution in [1.29, 1.82) is 0 Å². The van der Waals surface area contributed by atoms with Crippen LogP contribution >= 0.6 is 7.60 Å². The molecule has 0 saturated carbocycles. The van der Waals surface area contributed by atoms with E-state index in [0.29, 0.717) is 0 Å². The maximum Gasteiger partial charge on any atom is 0.408 e. The van der Waals surface area contributed by atoms with Gasteiger partial charge in [-0.15, -0.1) is 0 Å². The summed E-state index contributed by atoms with van der Waals surface area (Å²) in [7, 11) is -0.613. The van der Waals surface area contributed by atoms with E-state index in [2.05, 4.69) is 10.6 Å². The number of ether oxygens (including phenoxy) is 1. The molecular formula is C15H23N2O6P. The number of carbonyl (C=O) groups is 2. The number of rotatable bonds is 9. The Labute approximate surface area is 141 Å². The lowest BCUT2D eigenvalue weighted by atomic mass is 10.2. The molecule has 0 saturated heterocycles. The molecule has 134 valence electrons. The number of alkyl carbamates (subject to hydrolysis) is 1. The Hall–Kier alpha value is -1.89. The van der Waals surface area contributed by atoms with Gasteiger partial charge in [-0.2, -0.15) is 0 Å². The molecule has 0 radical (unpaired) electrons. The van der Waals surface area contributed by atoms with Gasteiger partial charge in [0.2, 0.25) is 5.91 Å². The van der Waals surface area contributed by atoms with Gasteiger partial charge in [-0.1, -0.05) is 30.3 Å². The van der Waals surface area contributed by atoms with E-state index in [1.165, 1.54) is 21.1 Å². The summed E-state index contributed by atoms with van der Waals surface area (Å²) in [6.45, 7) is 1.74. The van der Waals surface area contributed by atoms with Crippen molar-refractivity contribution in [2.45, 2.75) is 19.6 Å². The Morgan fingerprint density at radius 1 is 1.17 bits per heavy atom. The Kier molecular flexibility index (Phi) is 8.46. The average Bonchev–Trinajstić information content (AvgIpc) is 2.60. The summed E-state index contributed by atoms with van der Waals surface area (Å²) >= 11 is 0. The molecule has 0 aliphatic heterocycles. The largest absolute Gasteiger partial charge is 0.445 e. The summed E-state index contributed by atoms with van der Waals surface area (Å²) in [5.74, 6) is -0.426. The maximum absolute atomic E-state index is 11.9. The van der Waals surface area contributed by atoms with Crippen molar-refractivity contribution < 1.29 is 27.9 Å². The molecule has 0 aromatic heterocycles. The van der Waals surface area contributed by atoms with Gasteiger partial charge >= 0.3 is 13.7 Å². The van der Waals surface area contributed by atoms with E-state index in [9.17, 15) is 14.2 Å². The van der Waals surface area contributed by atoms with E-state index in [4.69, 9.17) is 13.8 Å². The zero-order valence-electron chi connectivity index (χ0n) is 14.0. The minimum absolute atomic E-state index is 0.0386. The molecule has 1 aromatic rings. The van der Waals surface area contributed by atoms with Crippen molar-refractivity contribution in [3.05, 3.63) is 35.9 Å². The standard InChI is InChI=1S/C15H23N2O6P/c1-12(14(18)16-9-10-24(20,21-2)22-3)17-15(19)23-11-13-7-5-4-6-8-13/h4-8,12H,9-11H2,1-3H3,(H,16,18)(H,17,19)/t12-/m0/s1. The van der Waals surface area contributed by atoms with E-state index in [1.54, 1.807) is 0 Å². The monoisotopic (exact) mass is 358 g/mol. The topological polar surface area (TPSA) is 103 Å². The highest BCUT2D eigenvalue weighted by Crippen LogP contribution is 2.45. The number of hydrogen-bond acceptors (Lipinski definition) is 6. The minimum Gasteiger partial charge on any atom is -0.445 e. The molecule has 9 heteroatoms. The molecule has 8 nitrogen and oxygen atoms in total. The van der Waals surface area contributed by atoms with Crippen molar-refractivity contribution in [2.75, 3.05) is 26.9 Å². The lowest BCUT2D eigenvalue weighted by molar-refractivity contribution is -0.122. The van der Waals surface area contributed by atoms with Crippen LogP contribution in [0.15, 0.2) is 30.3 Å². The Morgan fingerprint density at radius 3 is 2.38 bits per heavy atom. The normalized spacial score (nSPS) is 12.3. The lowest BCUT2D eigenvalue weighted by Crippen LogP contribution is -2.45. The first kappa shape index (κ1) is 20.2. The van der Waals surface area contributed by atoms with Crippen LogP contribution in [0.4, 0.5) is 4.79 Å². The second-order valence-electron chi connectivity index (χ2n) is 4.92.